The van der Waals surface area contributed by atoms with Gasteiger partial charge in [-0.25, -0.2) is 15.1 Å². The van der Waals surface area contributed by atoms with Crippen LogP contribution in [0.25, 0.3) is 12.2 Å². The maximum Gasteiger partial charge on any atom is 0.251 e. The zero-order chi connectivity index (χ0) is 48.2. The first kappa shape index (κ1) is 58.9. The smallest absolute Gasteiger partial charge is 0.251 e. The number of nitrogens with one attached hydrogen (secondary N) is 5. The van der Waals surface area contributed by atoms with Crippen molar-refractivity contribution in [2.75, 3.05) is 53.4 Å². The zero-order valence-corrected chi connectivity index (χ0v) is 40.0. The number of nitrogens with two attached hydrogens (primary N) is 3. The van der Waals surface area contributed by atoms with Crippen LogP contribution < -0.4 is 62.8 Å². The van der Waals surface area contributed by atoms with Gasteiger partial charge in [0.1, 0.15) is 23.9 Å². The largest absolute Gasteiger partial charge is 0.495 e. The molecule has 0 unspecified atom stereocenters. The van der Waals surface area contributed by atoms with Gasteiger partial charge in [-0.3, -0.25) is 24.0 Å². The molecule has 67 heavy (non-hydrogen) atoms. The number of benzene rings is 2. The lowest BCUT2D eigenvalue weighted by molar-refractivity contribution is -0.525. The Balaban J connectivity index is 0.0000112. The van der Waals surface area contributed by atoms with Gasteiger partial charge in [0.05, 0.1) is 52.3 Å². The van der Waals surface area contributed by atoms with Gasteiger partial charge in [0.15, 0.2) is 16.5 Å². The number of likely N-dealkylation sites (tertiary alicyclic amines) is 1. The molecule has 3 rings (SSSR count). The average Bonchev–Trinajstić information content (AvgIpc) is 3.77. The fourth-order valence-electron chi connectivity index (χ4n) is 6.85. The Bertz CT molecular complexity index is 2020. The van der Waals surface area contributed by atoms with E-state index in [0.29, 0.717) is 47.8 Å². The molecule has 0 aliphatic carbocycles. The summed E-state index contributed by atoms with van der Waals surface area (Å²) in [6.07, 6.45) is 4.15. The van der Waals surface area contributed by atoms with Gasteiger partial charge in [-0.15, -0.1) is 24.8 Å². The number of aliphatic hydroxyl groups excluding tert-OH is 1. The average molecular weight is 987 g/mol. The van der Waals surface area contributed by atoms with E-state index < -0.39 is 70.9 Å². The number of rotatable bonds is 25. The summed E-state index contributed by atoms with van der Waals surface area (Å²) in [5.74, 6) is -1.82. The molecule has 2 aromatic carbocycles. The highest BCUT2D eigenvalue weighted by Crippen LogP contribution is 2.39. The number of carbonyl (C=O) groups excluding carboxylic acids is 5. The van der Waals surface area contributed by atoms with Crippen LogP contribution >= 0.6 is 24.8 Å². The van der Waals surface area contributed by atoms with Crippen LogP contribution in [0.5, 0.6) is 23.0 Å². The van der Waals surface area contributed by atoms with Crippen molar-refractivity contribution in [1.82, 2.24) is 26.3 Å². The first-order valence-electron chi connectivity index (χ1n) is 21.0. The van der Waals surface area contributed by atoms with E-state index in [0.717, 1.165) is 5.56 Å². The number of aliphatic imine (C=N–C) groups is 1. The maximum absolute atomic E-state index is 14.0. The Morgan fingerprint density at radius 1 is 0.881 bits per heavy atom. The van der Waals surface area contributed by atoms with Crippen molar-refractivity contribution in [3.63, 3.8) is 0 Å². The number of anilines is 1. The summed E-state index contributed by atoms with van der Waals surface area (Å²) < 4.78 is 21.8. The van der Waals surface area contributed by atoms with Gasteiger partial charge in [-0.05, 0) is 94.2 Å². The molecule has 6 atom stereocenters. The molecule has 1 heterocycles. The summed E-state index contributed by atoms with van der Waals surface area (Å²) >= 11 is 0. The minimum absolute atomic E-state index is 0. The van der Waals surface area contributed by atoms with Crippen molar-refractivity contribution >= 4 is 78.1 Å². The quantitative estimate of drug-likeness (QED) is 0.0166. The normalized spacial score (nSPS) is 15.6. The summed E-state index contributed by atoms with van der Waals surface area (Å²) in [5.41, 5.74) is 20.6. The number of ether oxygens (including phenoxy) is 4. The standard InChI is InChI=1S/C42H63N11O12.2ClH/c1-24(43)37(55)46-18-8-7-12-29(48-39(57)31-13-10-20-52(31)41(59)28(44)11-9-19-47-42(45)51-53(60)61)38(56)50-35(25(2)54)40(58)49-30-21-26(16-17-32(30)62-3)14-15-27-22-33(63-4)36(65-6)34(23-27)64-5;;/h14-17,21-25,28-29,31,35,54H,7-13,18-20,43-44H2,1-6H3,(H,46,55)(H,48,57)(H,49,58)(H,50,56)(H3,45,47,51);2*1H/b15-14-;;/t24-,25+,28-,29-,31-,35-;;/m0../s1. The molecule has 0 bridgehead atoms. The van der Waals surface area contributed by atoms with Crippen LogP contribution in [-0.2, 0) is 24.0 Å². The number of amides is 5. The van der Waals surface area contributed by atoms with Gasteiger partial charge in [0.2, 0.25) is 35.3 Å². The number of carbonyl (C=O) groups is 5. The molecule has 1 fully saturated rings. The highest BCUT2D eigenvalue weighted by atomic mass is 35.5. The van der Waals surface area contributed by atoms with E-state index >= 15 is 0 Å². The monoisotopic (exact) mass is 985 g/mol. The summed E-state index contributed by atoms with van der Waals surface area (Å²) in [5, 5.41) is 31.2. The molecule has 0 radical (unpaired) electrons. The third kappa shape index (κ3) is 18.2. The Morgan fingerprint density at radius 2 is 1.52 bits per heavy atom. The summed E-state index contributed by atoms with van der Waals surface area (Å²) in [6.45, 7) is 3.40. The maximum atomic E-state index is 14.0. The van der Waals surface area contributed by atoms with E-state index in [4.69, 9.17) is 36.1 Å². The second-order valence-corrected chi connectivity index (χ2v) is 15.2. The molecule has 0 spiro atoms. The SMILES string of the molecule is COc1ccc(/C=C\c2cc(OC)c(OC)c(OC)c2)cc1NC(=O)[C@@H](NC(=O)[C@H](CCCCNC(=O)[C@H](C)N)NC(=O)[C@@H]1CCCN1C(=O)[C@@H](N)CCCN=C(N)N[N+](=O)[O-])[C@@H](C)O.Cl.Cl. The predicted molar refractivity (Wildman–Crippen MR) is 256 cm³/mol. The van der Waals surface area contributed by atoms with Crippen molar-refractivity contribution in [1.29, 1.82) is 0 Å². The number of hydrogen-bond acceptors (Lipinski definition) is 15. The van der Waals surface area contributed by atoms with Crippen LogP contribution in [0, 0.1) is 10.1 Å². The number of methoxy groups -OCH3 is 4. The van der Waals surface area contributed by atoms with Crippen LogP contribution in [0.15, 0.2) is 35.3 Å². The lowest BCUT2D eigenvalue weighted by atomic mass is 10.0. The van der Waals surface area contributed by atoms with E-state index in [1.54, 1.807) is 54.8 Å². The first-order chi connectivity index (χ1) is 30.9. The number of nitrogens with zero attached hydrogens (tertiary/aromatic N) is 3. The number of nitro groups is 1. The second-order valence-electron chi connectivity index (χ2n) is 15.2. The fraction of sp³-hybridized carbons (Fsp3) is 0.524. The van der Waals surface area contributed by atoms with Gasteiger partial charge in [0.25, 0.3) is 5.96 Å². The van der Waals surface area contributed by atoms with Crippen molar-refractivity contribution < 1.29 is 53.1 Å². The molecular weight excluding hydrogens is 921 g/mol. The van der Waals surface area contributed by atoms with Crippen LogP contribution in [0.1, 0.15) is 69.9 Å². The first-order valence-corrected chi connectivity index (χ1v) is 21.0. The second kappa shape index (κ2) is 29.5. The Morgan fingerprint density at radius 3 is 2.10 bits per heavy atom. The predicted octanol–water partition coefficient (Wildman–Crippen LogP) is 0.852. The summed E-state index contributed by atoms with van der Waals surface area (Å²) in [4.78, 5) is 82.8. The number of guanidine groups is 1. The summed E-state index contributed by atoms with van der Waals surface area (Å²) in [7, 11) is 5.94. The van der Waals surface area contributed by atoms with E-state index in [1.165, 1.54) is 40.3 Å². The third-order valence-corrected chi connectivity index (χ3v) is 10.3. The summed E-state index contributed by atoms with van der Waals surface area (Å²) in [6, 6.07) is 3.11. The molecule has 23 nitrogen and oxygen atoms in total. The van der Waals surface area contributed by atoms with Crippen molar-refractivity contribution in [2.45, 2.75) is 95.1 Å². The number of unbranched alkanes of at least 4 members (excludes halogenated alkanes) is 1. The minimum Gasteiger partial charge on any atom is -0.495 e. The number of aliphatic hydroxyl groups is 1. The van der Waals surface area contributed by atoms with Crippen LogP contribution in [-0.4, -0.2) is 135 Å². The molecule has 1 saturated heterocycles. The number of hydrazine groups is 1. The Kier molecular flexibility index (Phi) is 25.9. The van der Waals surface area contributed by atoms with Crippen molar-refractivity contribution in [3.8, 4) is 23.0 Å². The highest BCUT2D eigenvalue weighted by molar-refractivity contribution is 6.00. The van der Waals surface area contributed by atoms with E-state index in [9.17, 15) is 39.2 Å². The van der Waals surface area contributed by atoms with Gasteiger partial charge < -0.3 is 67.4 Å². The zero-order valence-electron chi connectivity index (χ0n) is 38.4. The molecule has 374 valence electrons. The van der Waals surface area contributed by atoms with Gasteiger partial charge in [0, 0.05) is 19.6 Å². The van der Waals surface area contributed by atoms with E-state index in [2.05, 4.69) is 26.3 Å². The molecule has 5 amide bonds. The lowest BCUT2D eigenvalue weighted by Crippen LogP contribution is -2.58. The topological polar surface area (TPSA) is 339 Å². The Hall–Kier alpha value is -6.14. The van der Waals surface area contributed by atoms with Gasteiger partial charge in [-0.2, -0.15) is 0 Å². The fourth-order valence-corrected chi connectivity index (χ4v) is 6.85. The van der Waals surface area contributed by atoms with Crippen LogP contribution in [0.2, 0.25) is 0 Å². The molecular formula is C42H65Cl2N11O12. The molecule has 1 aliphatic heterocycles. The van der Waals surface area contributed by atoms with Gasteiger partial charge in [-0.1, -0.05) is 23.6 Å². The van der Waals surface area contributed by atoms with Crippen LogP contribution in [0.4, 0.5) is 5.69 Å². The third-order valence-electron chi connectivity index (χ3n) is 10.3. The van der Waals surface area contributed by atoms with E-state index in [-0.39, 0.29) is 81.7 Å². The van der Waals surface area contributed by atoms with E-state index in [1.807, 2.05) is 0 Å². The Labute approximate surface area is 401 Å². The number of halogens is 2. The van der Waals surface area contributed by atoms with Crippen molar-refractivity contribution in [3.05, 3.63) is 51.6 Å². The molecule has 2 aromatic rings. The van der Waals surface area contributed by atoms with Gasteiger partial charge >= 0.3 is 0 Å². The molecule has 0 saturated carbocycles. The van der Waals surface area contributed by atoms with Crippen LogP contribution in [0.3, 0.4) is 0 Å². The molecule has 1 aliphatic rings. The molecule has 12 N–H and O–H groups in total. The number of hydrogen-bond donors (Lipinski definition) is 9. The van der Waals surface area contributed by atoms with Crippen molar-refractivity contribution in [2.24, 2.45) is 22.2 Å². The lowest BCUT2D eigenvalue weighted by Gasteiger charge is -2.29. The minimum atomic E-state index is -1.51. The molecule has 25 heteroatoms. The highest BCUT2D eigenvalue weighted by Gasteiger charge is 2.38. The molecule has 0 aromatic heterocycles.